The third-order valence-corrected chi connectivity index (χ3v) is 5.30. The monoisotopic (exact) mass is 434 g/mol. The molecule has 0 radical (unpaired) electrons. The van der Waals surface area contributed by atoms with E-state index in [1.165, 1.54) is 0 Å². The lowest BCUT2D eigenvalue weighted by molar-refractivity contribution is -0.109. The molecular weight excluding hydrogens is 416 g/mol. The van der Waals surface area contributed by atoms with Crippen molar-refractivity contribution in [3.8, 4) is 0 Å². The number of nitrogens with zero attached hydrogens (tertiary/aromatic N) is 4. The molecule has 3 aromatic rings. The molecule has 1 aliphatic rings. The lowest BCUT2D eigenvalue weighted by Gasteiger charge is -2.41. The highest BCUT2D eigenvalue weighted by molar-refractivity contribution is 9.10. The van der Waals surface area contributed by atoms with Crippen LogP contribution in [-0.4, -0.2) is 29.7 Å². The van der Waals surface area contributed by atoms with Crippen LogP contribution in [0.5, 0.6) is 0 Å². The number of hydrogen-bond acceptors (Lipinski definition) is 5. The average molecular weight is 435 g/mol. The number of hydrazone groups is 1. The van der Waals surface area contributed by atoms with Crippen LogP contribution in [0.25, 0.3) is 0 Å². The van der Waals surface area contributed by atoms with Gasteiger partial charge in [-0.3, -0.25) is 9.78 Å². The van der Waals surface area contributed by atoms with Gasteiger partial charge in [-0.1, -0.05) is 30.3 Å². The predicted molar refractivity (Wildman–Crippen MR) is 116 cm³/mol. The molecule has 1 atom stereocenters. The van der Waals surface area contributed by atoms with Gasteiger partial charge in [0.2, 0.25) is 0 Å². The van der Waals surface area contributed by atoms with Crippen molar-refractivity contribution in [2.75, 3.05) is 16.5 Å². The Morgan fingerprint density at radius 3 is 2.61 bits per heavy atom. The number of aldehydes is 1. The fourth-order valence-electron chi connectivity index (χ4n) is 3.29. The minimum absolute atomic E-state index is 0.491. The zero-order valence-corrected chi connectivity index (χ0v) is 17.0. The molecule has 0 amide bonds. The highest BCUT2D eigenvalue weighted by Crippen LogP contribution is 2.32. The second-order valence-corrected chi connectivity index (χ2v) is 7.43. The van der Waals surface area contributed by atoms with Crippen molar-refractivity contribution in [2.45, 2.75) is 13.1 Å². The van der Waals surface area contributed by atoms with Crippen molar-refractivity contribution in [3.05, 3.63) is 88.7 Å². The molecule has 140 valence electrons. The molecule has 0 N–H and O–H groups in total. The first-order chi connectivity index (χ1) is 13.7. The maximum Gasteiger partial charge on any atom is 0.180 e. The number of carbonyl (C=O) groups is 1. The normalized spacial score (nSPS) is 16.6. The van der Waals surface area contributed by atoms with Crippen LogP contribution in [0.4, 0.5) is 11.4 Å². The van der Waals surface area contributed by atoms with Crippen molar-refractivity contribution < 1.29 is 4.79 Å². The van der Waals surface area contributed by atoms with E-state index in [2.05, 4.69) is 31.9 Å². The van der Waals surface area contributed by atoms with E-state index in [9.17, 15) is 4.79 Å². The summed E-state index contributed by atoms with van der Waals surface area (Å²) in [5.41, 5.74) is 4.52. The number of halogens is 1. The molecule has 0 bridgehead atoms. The number of aromatic nitrogens is 1. The van der Waals surface area contributed by atoms with E-state index in [0.29, 0.717) is 6.54 Å². The average Bonchev–Trinajstić information content (AvgIpc) is 2.74. The van der Waals surface area contributed by atoms with E-state index in [0.717, 1.165) is 39.1 Å². The molecule has 0 aliphatic carbocycles. The zero-order valence-electron chi connectivity index (χ0n) is 15.4. The zero-order chi connectivity index (χ0) is 19.5. The molecular formula is C22H19BrN4O. The van der Waals surface area contributed by atoms with Gasteiger partial charge in [0, 0.05) is 16.4 Å². The van der Waals surface area contributed by atoms with Crippen LogP contribution in [0.15, 0.2) is 82.5 Å². The van der Waals surface area contributed by atoms with E-state index in [1.807, 2.05) is 67.6 Å². The summed E-state index contributed by atoms with van der Waals surface area (Å²) >= 11 is 3.59. The van der Waals surface area contributed by atoms with Gasteiger partial charge in [0.05, 0.1) is 17.9 Å². The Hall–Kier alpha value is -2.99. The van der Waals surface area contributed by atoms with Gasteiger partial charge in [-0.2, -0.15) is 5.10 Å². The Bertz CT molecular complexity index is 1020. The summed E-state index contributed by atoms with van der Waals surface area (Å²) < 4.78 is 0.872. The molecule has 2 aromatic carbocycles. The summed E-state index contributed by atoms with van der Waals surface area (Å²) in [6.45, 7) is 2.54. The van der Waals surface area contributed by atoms with Crippen molar-refractivity contribution in [3.63, 3.8) is 0 Å². The largest absolute Gasteiger partial charge is 0.338 e. The molecule has 6 heteroatoms. The molecule has 0 fully saturated rings. The van der Waals surface area contributed by atoms with Gasteiger partial charge in [0.1, 0.15) is 5.71 Å². The predicted octanol–water partition coefficient (Wildman–Crippen LogP) is 4.41. The summed E-state index contributed by atoms with van der Waals surface area (Å²) in [4.78, 5) is 18.7. The summed E-state index contributed by atoms with van der Waals surface area (Å²) in [5, 5.41) is 6.58. The smallest absolute Gasteiger partial charge is 0.180 e. The molecule has 0 saturated carbocycles. The minimum Gasteiger partial charge on any atom is -0.338 e. The molecule has 1 unspecified atom stereocenters. The number of benzene rings is 2. The number of anilines is 2. The number of carbonyl (C=O) groups excluding carboxylic acids is 1. The first-order valence-corrected chi connectivity index (χ1v) is 9.78. The molecule has 0 saturated heterocycles. The Morgan fingerprint density at radius 1 is 1.07 bits per heavy atom. The fourth-order valence-corrected chi connectivity index (χ4v) is 3.76. The third-order valence-electron chi connectivity index (χ3n) is 4.63. The molecule has 1 aliphatic heterocycles. The quantitative estimate of drug-likeness (QED) is 0.570. The Kier molecular flexibility index (Phi) is 5.21. The number of pyridine rings is 1. The molecule has 1 aromatic heterocycles. The summed E-state index contributed by atoms with van der Waals surface area (Å²) in [6, 6.07) is 21.7. The summed E-state index contributed by atoms with van der Waals surface area (Å²) in [7, 11) is 0. The second-order valence-electron chi connectivity index (χ2n) is 6.57. The molecule has 0 spiro atoms. The standard InChI is InChI=1S/C22H19BrN4O/c1-16-7-6-8-17(13-16)26-14-20(19-10-4-5-12-24-19)25-27(22(26)15-28)21-11-3-2-9-18(21)23/h2-13,15,22H,14H2,1H3. The lowest BCUT2D eigenvalue weighted by Crippen LogP contribution is -2.54. The lowest BCUT2D eigenvalue weighted by atomic mass is 10.1. The molecule has 4 rings (SSSR count). The topological polar surface area (TPSA) is 48.8 Å². The van der Waals surface area contributed by atoms with Crippen LogP contribution in [0.3, 0.4) is 0 Å². The van der Waals surface area contributed by atoms with Gasteiger partial charge in [0.15, 0.2) is 12.5 Å². The maximum absolute atomic E-state index is 12.2. The van der Waals surface area contributed by atoms with E-state index < -0.39 is 6.17 Å². The Labute approximate surface area is 172 Å². The Morgan fingerprint density at radius 2 is 1.89 bits per heavy atom. The fraction of sp³-hybridized carbons (Fsp3) is 0.136. The first kappa shape index (κ1) is 18.4. The van der Waals surface area contributed by atoms with E-state index in [-0.39, 0.29) is 0 Å². The van der Waals surface area contributed by atoms with E-state index >= 15 is 0 Å². The van der Waals surface area contributed by atoms with Crippen LogP contribution in [0.2, 0.25) is 0 Å². The first-order valence-electron chi connectivity index (χ1n) is 8.98. The highest BCUT2D eigenvalue weighted by Gasteiger charge is 2.33. The number of hydrogen-bond donors (Lipinski definition) is 0. The van der Waals surface area contributed by atoms with Crippen molar-refractivity contribution in [2.24, 2.45) is 5.10 Å². The molecule has 5 nitrogen and oxygen atoms in total. The van der Waals surface area contributed by atoms with Crippen LogP contribution in [0, 0.1) is 6.92 Å². The van der Waals surface area contributed by atoms with Gasteiger partial charge in [-0.25, -0.2) is 5.01 Å². The number of aryl methyl sites for hydroxylation is 1. The Balaban J connectivity index is 1.86. The van der Waals surface area contributed by atoms with Gasteiger partial charge < -0.3 is 4.90 Å². The maximum atomic E-state index is 12.2. The third kappa shape index (κ3) is 3.55. The molecule has 2 heterocycles. The van der Waals surface area contributed by atoms with Gasteiger partial charge in [-0.15, -0.1) is 0 Å². The summed E-state index contributed by atoms with van der Waals surface area (Å²) in [5.74, 6) is 0. The van der Waals surface area contributed by atoms with E-state index in [4.69, 9.17) is 5.10 Å². The van der Waals surface area contributed by atoms with Crippen molar-refractivity contribution >= 4 is 39.3 Å². The molecule has 28 heavy (non-hydrogen) atoms. The van der Waals surface area contributed by atoms with E-state index in [1.54, 1.807) is 11.2 Å². The van der Waals surface area contributed by atoms with Gasteiger partial charge >= 0.3 is 0 Å². The minimum atomic E-state index is -0.562. The van der Waals surface area contributed by atoms with Crippen LogP contribution in [-0.2, 0) is 4.79 Å². The van der Waals surface area contributed by atoms with Gasteiger partial charge in [0.25, 0.3) is 0 Å². The van der Waals surface area contributed by atoms with Crippen LogP contribution in [0.1, 0.15) is 11.3 Å². The van der Waals surface area contributed by atoms with Crippen LogP contribution >= 0.6 is 15.9 Å². The van der Waals surface area contributed by atoms with Crippen molar-refractivity contribution in [1.82, 2.24) is 4.98 Å². The number of rotatable bonds is 4. The van der Waals surface area contributed by atoms with Gasteiger partial charge in [-0.05, 0) is 64.8 Å². The summed E-state index contributed by atoms with van der Waals surface area (Å²) in [6.07, 6.45) is 2.12. The van der Waals surface area contributed by atoms with Crippen molar-refractivity contribution in [1.29, 1.82) is 0 Å². The SMILES string of the molecule is Cc1cccc(N2CC(c3ccccn3)=NN(c3ccccc3Br)C2C=O)c1. The number of para-hydroxylation sites is 1. The second kappa shape index (κ2) is 7.94. The highest BCUT2D eigenvalue weighted by atomic mass is 79.9. The van der Waals surface area contributed by atoms with Crippen LogP contribution < -0.4 is 9.91 Å².